The average molecular weight is 491 g/mol. The Bertz CT molecular complexity index is 845. The van der Waals surface area contributed by atoms with Crippen LogP contribution in [0.5, 0.6) is 0 Å². The number of likely N-dealkylation sites (tertiary alicyclic amines) is 1. The van der Waals surface area contributed by atoms with Crippen molar-refractivity contribution >= 4 is 29.5 Å². The summed E-state index contributed by atoms with van der Waals surface area (Å²) in [5.74, 6) is -1.59. The van der Waals surface area contributed by atoms with Crippen molar-refractivity contribution in [3.63, 3.8) is 0 Å². The van der Waals surface area contributed by atoms with Crippen LogP contribution < -0.4 is 0 Å². The molecule has 4 rings (SSSR count). The van der Waals surface area contributed by atoms with Crippen LogP contribution in [0, 0.1) is 11.8 Å². The highest BCUT2D eigenvalue weighted by Crippen LogP contribution is 2.60. The quantitative estimate of drug-likeness (QED) is 0.304. The van der Waals surface area contributed by atoms with Crippen LogP contribution >= 0.6 is 11.8 Å². The molecule has 0 bridgehead atoms. The lowest BCUT2D eigenvalue weighted by Gasteiger charge is -2.37. The molecule has 1 N–H and O–H groups in total. The molecule has 4 heterocycles. The monoisotopic (exact) mass is 490 g/mol. The summed E-state index contributed by atoms with van der Waals surface area (Å²) in [7, 11) is 0. The Balaban J connectivity index is 1.70. The van der Waals surface area contributed by atoms with Crippen molar-refractivity contribution in [2.24, 2.45) is 11.8 Å². The molecule has 6 atom stereocenters. The highest BCUT2D eigenvalue weighted by molar-refractivity contribution is 8.02. The van der Waals surface area contributed by atoms with Crippen molar-refractivity contribution in [2.45, 2.75) is 80.9 Å². The van der Waals surface area contributed by atoms with Crippen LogP contribution in [0.1, 0.15) is 58.8 Å². The number of nitrogens with zero attached hydrogens (tertiary/aromatic N) is 2. The van der Waals surface area contributed by atoms with E-state index in [9.17, 15) is 14.4 Å². The van der Waals surface area contributed by atoms with Gasteiger partial charge in [-0.2, -0.15) is 0 Å². The SMILES string of the molecule is CCCC(C)N1CC=C[C@]23S[C@H]4C=CCCOC(=O)[C@H]4[C@H]2C(=O)N(CCCCCCO)C3C1=O. The molecule has 2 unspecified atom stereocenters. The van der Waals surface area contributed by atoms with Crippen molar-refractivity contribution in [1.29, 1.82) is 0 Å². The Morgan fingerprint density at radius 3 is 2.74 bits per heavy atom. The van der Waals surface area contributed by atoms with Gasteiger partial charge in [-0.1, -0.05) is 50.5 Å². The molecule has 4 aliphatic heterocycles. The second kappa shape index (κ2) is 10.9. The first-order chi connectivity index (χ1) is 16.5. The van der Waals surface area contributed by atoms with Gasteiger partial charge in [-0.25, -0.2) is 0 Å². The first-order valence-corrected chi connectivity index (χ1v) is 13.7. The third-order valence-electron chi connectivity index (χ3n) is 7.70. The van der Waals surface area contributed by atoms with Gasteiger partial charge in [-0.05, 0) is 32.6 Å². The zero-order chi connectivity index (χ0) is 24.3. The van der Waals surface area contributed by atoms with Gasteiger partial charge >= 0.3 is 5.97 Å². The van der Waals surface area contributed by atoms with Crippen molar-refractivity contribution in [3.05, 3.63) is 24.3 Å². The van der Waals surface area contributed by atoms with Gasteiger partial charge in [-0.15, -0.1) is 11.8 Å². The molecule has 0 aliphatic carbocycles. The first kappa shape index (κ1) is 25.3. The number of rotatable bonds is 9. The van der Waals surface area contributed by atoms with E-state index in [2.05, 4.69) is 19.9 Å². The summed E-state index contributed by atoms with van der Waals surface area (Å²) >= 11 is 1.60. The van der Waals surface area contributed by atoms with Gasteiger partial charge < -0.3 is 19.6 Å². The maximum atomic E-state index is 14.1. The van der Waals surface area contributed by atoms with E-state index in [1.165, 1.54) is 0 Å². The van der Waals surface area contributed by atoms with Crippen molar-refractivity contribution in [2.75, 3.05) is 26.3 Å². The Morgan fingerprint density at radius 1 is 1.18 bits per heavy atom. The van der Waals surface area contributed by atoms with Crippen LogP contribution in [0.2, 0.25) is 0 Å². The minimum absolute atomic E-state index is 0.00345. The summed E-state index contributed by atoms with van der Waals surface area (Å²) in [5.41, 5.74) is 0. The van der Waals surface area contributed by atoms with E-state index in [1.807, 2.05) is 23.1 Å². The van der Waals surface area contributed by atoms with E-state index in [-0.39, 0.29) is 35.7 Å². The molecular formula is C26H38N2O5S. The molecule has 188 valence electrons. The normalized spacial score (nSPS) is 33.7. The predicted molar refractivity (Wildman–Crippen MR) is 132 cm³/mol. The molecule has 2 saturated heterocycles. The lowest BCUT2D eigenvalue weighted by Crippen LogP contribution is -2.55. The fourth-order valence-corrected chi connectivity index (χ4v) is 8.08. The maximum absolute atomic E-state index is 14.1. The first-order valence-electron chi connectivity index (χ1n) is 12.9. The summed E-state index contributed by atoms with van der Waals surface area (Å²) in [6, 6.07) is -0.525. The lowest BCUT2D eigenvalue weighted by molar-refractivity contribution is -0.153. The number of aliphatic hydroxyl groups excluding tert-OH is 1. The van der Waals surface area contributed by atoms with Gasteiger partial charge in [0.05, 0.1) is 23.2 Å². The molecule has 1 spiro atoms. The maximum Gasteiger partial charge on any atom is 0.311 e. The second-order valence-electron chi connectivity index (χ2n) is 9.93. The number of cyclic esters (lactones) is 1. The molecule has 0 aromatic rings. The molecule has 0 saturated carbocycles. The highest BCUT2D eigenvalue weighted by atomic mass is 32.2. The minimum Gasteiger partial charge on any atom is -0.465 e. The van der Waals surface area contributed by atoms with Crippen LogP contribution in [-0.4, -0.2) is 81.1 Å². The van der Waals surface area contributed by atoms with Crippen LogP contribution in [0.25, 0.3) is 0 Å². The Kier molecular flexibility index (Phi) is 8.08. The van der Waals surface area contributed by atoms with Crippen LogP contribution in [-0.2, 0) is 19.1 Å². The predicted octanol–water partition coefficient (Wildman–Crippen LogP) is 2.93. The van der Waals surface area contributed by atoms with Crippen molar-refractivity contribution in [1.82, 2.24) is 9.80 Å². The Morgan fingerprint density at radius 2 is 1.97 bits per heavy atom. The number of ether oxygens (including phenoxy) is 1. The van der Waals surface area contributed by atoms with Crippen LogP contribution in [0.15, 0.2) is 24.3 Å². The number of unbranched alkanes of at least 4 members (excludes halogenated alkanes) is 3. The van der Waals surface area contributed by atoms with Gasteiger partial charge in [0.1, 0.15) is 6.04 Å². The Labute approximate surface area is 206 Å². The number of carbonyl (C=O) groups excluding carboxylic acids is 3. The fraction of sp³-hybridized carbons (Fsp3) is 0.731. The number of esters is 1. The molecule has 0 radical (unpaired) electrons. The number of fused-ring (bicyclic) bond motifs is 2. The molecule has 0 aromatic carbocycles. The number of hydrogen-bond donors (Lipinski definition) is 1. The lowest BCUT2D eigenvalue weighted by atomic mass is 9.78. The number of hydrogen-bond acceptors (Lipinski definition) is 6. The summed E-state index contributed by atoms with van der Waals surface area (Å²) in [6.45, 7) is 5.71. The van der Waals surface area contributed by atoms with Crippen molar-refractivity contribution in [3.8, 4) is 0 Å². The molecule has 2 amide bonds. The Hall–Kier alpha value is -1.80. The molecule has 8 heteroatoms. The van der Waals surface area contributed by atoms with Crippen LogP contribution in [0.4, 0.5) is 0 Å². The van der Waals surface area contributed by atoms with Gasteiger partial charge in [-0.3, -0.25) is 14.4 Å². The number of amides is 2. The standard InChI is InChI=1S/C26H38N2O5S/c1-3-11-18(2)27-15-10-13-26-21(20-19(34-26)12-6-9-17-33-25(20)32)23(30)28(22(26)24(27)31)14-7-4-5-8-16-29/h6,10,12-13,18-22,29H,3-5,7-9,11,14-17H2,1-2H3/t18?,19-,20+,21-,22?,26-/m0/s1. The average Bonchev–Trinajstić information content (AvgIpc) is 3.17. The number of aliphatic hydroxyl groups is 1. The third kappa shape index (κ3) is 4.43. The van der Waals surface area contributed by atoms with Crippen LogP contribution in [0.3, 0.4) is 0 Å². The van der Waals surface area contributed by atoms with E-state index < -0.39 is 22.6 Å². The molecule has 4 aliphatic rings. The summed E-state index contributed by atoms with van der Waals surface area (Å²) < 4.78 is 4.76. The van der Waals surface area contributed by atoms with E-state index in [1.54, 1.807) is 16.7 Å². The fourth-order valence-electron chi connectivity index (χ4n) is 6.08. The molecule has 7 nitrogen and oxygen atoms in total. The smallest absolute Gasteiger partial charge is 0.311 e. The number of thioether (sulfide) groups is 1. The summed E-state index contributed by atoms with van der Waals surface area (Å²) in [4.78, 5) is 44.8. The van der Waals surface area contributed by atoms with E-state index >= 15 is 0 Å². The topological polar surface area (TPSA) is 87.2 Å². The molecule has 34 heavy (non-hydrogen) atoms. The summed E-state index contributed by atoms with van der Waals surface area (Å²) in [6.07, 6.45) is 14.0. The van der Waals surface area contributed by atoms with Gasteiger partial charge in [0.15, 0.2) is 0 Å². The van der Waals surface area contributed by atoms with E-state index in [4.69, 9.17) is 9.84 Å². The molecule has 0 aromatic heterocycles. The van der Waals surface area contributed by atoms with Crippen molar-refractivity contribution < 1.29 is 24.2 Å². The van der Waals surface area contributed by atoms with E-state index in [0.29, 0.717) is 26.1 Å². The van der Waals surface area contributed by atoms with Gasteiger partial charge in [0.2, 0.25) is 11.8 Å². The molecular weight excluding hydrogens is 452 g/mol. The highest BCUT2D eigenvalue weighted by Gasteiger charge is 2.70. The largest absolute Gasteiger partial charge is 0.465 e. The summed E-state index contributed by atoms with van der Waals surface area (Å²) in [5, 5.41) is 8.90. The second-order valence-corrected chi connectivity index (χ2v) is 11.4. The van der Waals surface area contributed by atoms with E-state index in [0.717, 1.165) is 38.5 Å². The van der Waals surface area contributed by atoms with Gasteiger partial charge in [0, 0.05) is 31.0 Å². The number of carbonyl (C=O) groups is 3. The minimum atomic E-state index is -0.761. The third-order valence-corrected chi connectivity index (χ3v) is 9.44. The zero-order valence-electron chi connectivity index (χ0n) is 20.4. The molecule has 2 fully saturated rings. The van der Waals surface area contributed by atoms with Gasteiger partial charge in [0.25, 0.3) is 0 Å². The zero-order valence-corrected chi connectivity index (χ0v) is 21.2.